The lowest BCUT2D eigenvalue weighted by molar-refractivity contribution is -0.174. The van der Waals surface area contributed by atoms with Gasteiger partial charge in [-0.25, -0.2) is 17.9 Å². The van der Waals surface area contributed by atoms with Crippen molar-refractivity contribution in [3.63, 3.8) is 0 Å². The van der Waals surface area contributed by atoms with E-state index in [1.165, 1.54) is 18.0 Å². The number of hydrogen-bond donors (Lipinski definition) is 2. The van der Waals surface area contributed by atoms with Gasteiger partial charge in [-0.1, -0.05) is 5.21 Å². The Balaban J connectivity index is 1.96. The second-order valence-corrected chi connectivity index (χ2v) is 5.62. The summed E-state index contributed by atoms with van der Waals surface area (Å²) in [6.45, 7) is -0.314. The minimum absolute atomic E-state index is 0.0366. The summed E-state index contributed by atoms with van der Waals surface area (Å²) in [4.78, 5) is 0. The number of halogens is 3. The zero-order chi connectivity index (χ0) is 18.1. The van der Waals surface area contributed by atoms with Crippen LogP contribution in [0, 0.1) is 17.5 Å². The molecular formula is C15H16F3N3O4. The van der Waals surface area contributed by atoms with E-state index in [9.17, 15) is 23.4 Å². The average molecular weight is 359 g/mol. The van der Waals surface area contributed by atoms with Crippen LogP contribution in [0.25, 0.3) is 11.3 Å². The SMILES string of the molecule is COC1COC(CO)C(O)C1n1cc(-c2ccc(F)c(F)c2F)nn1. The third-order valence-corrected chi connectivity index (χ3v) is 4.20. The van der Waals surface area contributed by atoms with Crippen LogP contribution in [0.15, 0.2) is 18.3 Å². The third-order valence-electron chi connectivity index (χ3n) is 4.20. The molecular weight excluding hydrogens is 343 g/mol. The summed E-state index contributed by atoms with van der Waals surface area (Å²) >= 11 is 0. The predicted octanol–water partition coefficient (Wildman–Crippen LogP) is 0.670. The second kappa shape index (κ2) is 7.08. The number of aromatic nitrogens is 3. The fourth-order valence-corrected chi connectivity index (χ4v) is 2.82. The molecule has 1 aromatic heterocycles. The second-order valence-electron chi connectivity index (χ2n) is 5.62. The van der Waals surface area contributed by atoms with Crippen molar-refractivity contribution in [2.45, 2.75) is 24.4 Å². The number of benzene rings is 1. The highest BCUT2D eigenvalue weighted by Crippen LogP contribution is 2.30. The number of aliphatic hydroxyl groups excluding tert-OH is 2. The Hall–Kier alpha value is -2.01. The molecule has 1 aliphatic rings. The third kappa shape index (κ3) is 3.13. The van der Waals surface area contributed by atoms with E-state index in [-0.39, 0.29) is 17.9 Å². The van der Waals surface area contributed by atoms with Gasteiger partial charge in [0.25, 0.3) is 0 Å². The van der Waals surface area contributed by atoms with Crippen molar-refractivity contribution < 1.29 is 32.9 Å². The van der Waals surface area contributed by atoms with Crippen LogP contribution in [0.4, 0.5) is 13.2 Å². The molecule has 1 saturated heterocycles. The number of aliphatic hydroxyl groups is 2. The molecule has 136 valence electrons. The normalized spacial score (nSPS) is 26.8. The Morgan fingerprint density at radius 1 is 1.32 bits per heavy atom. The van der Waals surface area contributed by atoms with Crippen molar-refractivity contribution in [2.24, 2.45) is 0 Å². The van der Waals surface area contributed by atoms with Crippen LogP contribution in [0.2, 0.25) is 0 Å². The number of nitrogens with zero attached hydrogens (tertiary/aromatic N) is 3. The smallest absolute Gasteiger partial charge is 0.195 e. The Labute approximate surface area is 140 Å². The topological polar surface area (TPSA) is 89.6 Å². The van der Waals surface area contributed by atoms with Crippen LogP contribution in [0.1, 0.15) is 6.04 Å². The maximum absolute atomic E-state index is 13.9. The van der Waals surface area contributed by atoms with Gasteiger partial charge in [0.15, 0.2) is 17.5 Å². The molecule has 2 aromatic rings. The van der Waals surface area contributed by atoms with Crippen LogP contribution < -0.4 is 0 Å². The van der Waals surface area contributed by atoms with Crippen LogP contribution in [-0.2, 0) is 9.47 Å². The van der Waals surface area contributed by atoms with Gasteiger partial charge in [0.1, 0.15) is 30.0 Å². The van der Waals surface area contributed by atoms with Gasteiger partial charge in [0.2, 0.25) is 0 Å². The van der Waals surface area contributed by atoms with Crippen molar-refractivity contribution in [1.29, 1.82) is 0 Å². The number of hydrogen-bond acceptors (Lipinski definition) is 6. The van der Waals surface area contributed by atoms with Gasteiger partial charge < -0.3 is 19.7 Å². The van der Waals surface area contributed by atoms with Gasteiger partial charge >= 0.3 is 0 Å². The van der Waals surface area contributed by atoms with E-state index >= 15 is 0 Å². The highest BCUT2D eigenvalue weighted by Gasteiger charge is 2.41. The molecule has 0 saturated carbocycles. The molecule has 25 heavy (non-hydrogen) atoms. The van der Waals surface area contributed by atoms with Gasteiger partial charge in [-0.2, -0.15) is 0 Å². The molecule has 2 N–H and O–H groups in total. The van der Waals surface area contributed by atoms with Gasteiger partial charge in [-0.05, 0) is 12.1 Å². The molecule has 3 rings (SSSR count). The summed E-state index contributed by atoms with van der Waals surface area (Å²) < 4.78 is 52.2. The summed E-state index contributed by atoms with van der Waals surface area (Å²) in [7, 11) is 1.42. The Morgan fingerprint density at radius 2 is 2.08 bits per heavy atom. The van der Waals surface area contributed by atoms with E-state index < -0.39 is 48.4 Å². The lowest BCUT2D eigenvalue weighted by Crippen LogP contribution is -2.52. The minimum Gasteiger partial charge on any atom is -0.394 e. The molecule has 0 radical (unpaired) electrons. The molecule has 4 atom stereocenters. The predicted molar refractivity (Wildman–Crippen MR) is 78.0 cm³/mol. The van der Waals surface area contributed by atoms with Crippen molar-refractivity contribution in [3.05, 3.63) is 35.8 Å². The Bertz CT molecular complexity index is 758. The maximum atomic E-state index is 13.9. The lowest BCUT2D eigenvalue weighted by Gasteiger charge is -2.38. The standard InChI is InChI=1S/C15H16F3N3O4/c1-24-11-6-25-10(5-22)15(23)14(11)21-4-9(19-20-21)7-2-3-8(16)13(18)12(7)17/h2-4,10-11,14-15,22-23H,5-6H2,1H3. The molecule has 0 aliphatic carbocycles. The molecule has 1 aliphatic heterocycles. The van der Waals surface area contributed by atoms with Gasteiger partial charge in [-0.15, -0.1) is 5.10 Å². The van der Waals surface area contributed by atoms with Crippen molar-refractivity contribution in [2.75, 3.05) is 20.3 Å². The highest BCUT2D eigenvalue weighted by atomic mass is 19.2. The Morgan fingerprint density at radius 3 is 2.76 bits per heavy atom. The number of rotatable bonds is 4. The molecule has 1 aromatic carbocycles. The maximum Gasteiger partial charge on any atom is 0.195 e. The zero-order valence-electron chi connectivity index (χ0n) is 13.1. The first kappa shape index (κ1) is 17.8. The molecule has 0 bridgehead atoms. The molecule has 0 amide bonds. The van der Waals surface area contributed by atoms with E-state index in [1.807, 2.05) is 0 Å². The van der Waals surface area contributed by atoms with Crippen molar-refractivity contribution in [3.8, 4) is 11.3 Å². The van der Waals surface area contributed by atoms with Crippen LogP contribution in [0.5, 0.6) is 0 Å². The summed E-state index contributed by atoms with van der Waals surface area (Å²) in [6, 6.07) is 1.08. The van der Waals surface area contributed by atoms with Crippen LogP contribution >= 0.6 is 0 Å². The van der Waals surface area contributed by atoms with Crippen molar-refractivity contribution >= 4 is 0 Å². The van der Waals surface area contributed by atoms with Gasteiger partial charge in [-0.3, -0.25) is 0 Å². The Kier molecular flexibility index (Phi) is 5.04. The first-order valence-electron chi connectivity index (χ1n) is 7.47. The molecule has 1 fully saturated rings. The lowest BCUT2D eigenvalue weighted by atomic mass is 9.97. The van der Waals surface area contributed by atoms with Crippen LogP contribution in [-0.4, -0.2) is 63.8 Å². The van der Waals surface area contributed by atoms with Crippen molar-refractivity contribution in [1.82, 2.24) is 15.0 Å². The highest BCUT2D eigenvalue weighted by molar-refractivity contribution is 5.58. The van der Waals surface area contributed by atoms with Gasteiger partial charge in [0, 0.05) is 12.7 Å². The summed E-state index contributed by atoms with van der Waals surface area (Å²) in [6.07, 6.45) is -1.31. The largest absolute Gasteiger partial charge is 0.394 e. The number of ether oxygens (including phenoxy) is 2. The number of methoxy groups -OCH3 is 1. The quantitative estimate of drug-likeness (QED) is 0.780. The first-order valence-corrected chi connectivity index (χ1v) is 7.47. The monoisotopic (exact) mass is 359 g/mol. The summed E-state index contributed by atoms with van der Waals surface area (Å²) in [5.74, 6) is -4.29. The van der Waals surface area contributed by atoms with E-state index in [2.05, 4.69) is 10.3 Å². The zero-order valence-corrected chi connectivity index (χ0v) is 13.1. The fraction of sp³-hybridized carbons (Fsp3) is 0.467. The van der Waals surface area contributed by atoms with E-state index in [1.54, 1.807) is 0 Å². The van der Waals surface area contributed by atoms with E-state index in [0.29, 0.717) is 0 Å². The van der Waals surface area contributed by atoms with E-state index in [4.69, 9.17) is 9.47 Å². The molecule has 7 nitrogen and oxygen atoms in total. The first-order chi connectivity index (χ1) is 12.0. The van der Waals surface area contributed by atoms with E-state index in [0.717, 1.165) is 12.1 Å². The minimum atomic E-state index is -1.60. The molecule has 0 spiro atoms. The van der Waals surface area contributed by atoms with Gasteiger partial charge in [0.05, 0.1) is 19.4 Å². The molecule has 10 heteroatoms. The summed E-state index contributed by atoms with van der Waals surface area (Å²) in [5.41, 5.74) is -0.301. The average Bonchev–Trinajstić information content (AvgIpc) is 3.08. The summed E-state index contributed by atoms with van der Waals surface area (Å²) in [5, 5.41) is 27.2. The molecule has 2 heterocycles. The van der Waals surface area contributed by atoms with Crippen LogP contribution in [0.3, 0.4) is 0 Å². The molecule has 4 unspecified atom stereocenters. The fourth-order valence-electron chi connectivity index (χ4n) is 2.82.